The third kappa shape index (κ3) is 7.16. The number of hydrogen-bond donors (Lipinski definition) is 5. The largest absolute Gasteiger partial charge is 0.491 e. The van der Waals surface area contributed by atoms with Crippen molar-refractivity contribution in [1.29, 1.82) is 0 Å². The summed E-state index contributed by atoms with van der Waals surface area (Å²) in [6.45, 7) is 1.15. The maximum atomic E-state index is 16.1. The van der Waals surface area contributed by atoms with E-state index in [1.165, 1.54) is 6.07 Å². The van der Waals surface area contributed by atoms with Crippen LogP contribution in [-0.2, 0) is 24.5 Å². The maximum absolute atomic E-state index is 16.1. The summed E-state index contributed by atoms with van der Waals surface area (Å²) in [5, 5.41) is 26.9. The van der Waals surface area contributed by atoms with Crippen LogP contribution in [0.3, 0.4) is 0 Å². The fraction of sp³-hybridized carbons (Fsp3) is 0.229. The predicted molar refractivity (Wildman–Crippen MR) is 226 cm³/mol. The number of nitrogens with one attached hydrogen (secondary N) is 2. The number of hydrogen-bond acceptors (Lipinski definition) is 9. The van der Waals surface area contributed by atoms with Crippen LogP contribution in [0.25, 0.3) is 0 Å². The van der Waals surface area contributed by atoms with Gasteiger partial charge in [-0.25, -0.2) is 14.5 Å². The molecule has 3 aliphatic rings. The molecule has 0 aromatic heterocycles. The highest BCUT2D eigenvalue weighted by molar-refractivity contribution is 6.24. The lowest BCUT2D eigenvalue weighted by atomic mass is 9.65. The summed E-state index contributed by atoms with van der Waals surface area (Å²) in [5.41, 5.74) is 5.93. The smallest absolute Gasteiger partial charge is 0.329 e. The molecule has 5 amide bonds. The highest BCUT2D eigenvalue weighted by Crippen LogP contribution is 2.66. The number of aliphatic hydroxyl groups is 1. The molecule has 5 aromatic rings. The topological polar surface area (TPSA) is 201 Å². The number of amides is 5. The molecule has 0 radical (unpaired) electrons. The number of benzene rings is 5. The lowest BCUT2D eigenvalue weighted by molar-refractivity contribution is -0.179. The molecule has 1 spiro atoms. The molecule has 0 unspecified atom stereocenters. The van der Waals surface area contributed by atoms with E-state index in [-0.39, 0.29) is 36.8 Å². The van der Waals surface area contributed by atoms with E-state index in [0.717, 1.165) is 10.5 Å². The number of carbonyl (C=O) groups excluding carboxylic acids is 4. The van der Waals surface area contributed by atoms with Gasteiger partial charge < -0.3 is 36.1 Å². The van der Waals surface area contributed by atoms with Crippen LogP contribution in [0.4, 0.5) is 15.3 Å². The van der Waals surface area contributed by atoms with Gasteiger partial charge in [0.15, 0.2) is 0 Å². The second kappa shape index (κ2) is 17.3. The molecule has 3 aliphatic heterocycles. The van der Waals surface area contributed by atoms with Crippen molar-refractivity contribution >= 4 is 35.6 Å². The minimum atomic E-state index is -2.24. The number of nitrogens with two attached hydrogens (primary N) is 1. The Morgan fingerprint density at radius 2 is 1.52 bits per heavy atom. The first kappa shape index (κ1) is 41.3. The van der Waals surface area contributed by atoms with Crippen LogP contribution in [0.1, 0.15) is 64.5 Å². The number of primary amides is 1. The van der Waals surface area contributed by atoms with Crippen LogP contribution < -0.4 is 26.0 Å². The van der Waals surface area contributed by atoms with Gasteiger partial charge in [0, 0.05) is 11.1 Å². The van der Waals surface area contributed by atoms with Crippen LogP contribution >= 0.6 is 0 Å². The van der Waals surface area contributed by atoms with Crippen molar-refractivity contribution in [1.82, 2.24) is 15.5 Å². The van der Waals surface area contributed by atoms with Crippen molar-refractivity contribution in [2.24, 2.45) is 11.7 Å². The summed E-state index contributed by atoms with van der Waals surface area (Å²) in [6.07, 6.45) is -0.989. The number of rotatable bonds is 10. The van der Waals surface area contributed by atoms with E-state index in [1.54, 1.807) is 48.2 Å². The number of carbonyl (C=O) groups is 5. The fourth-order valence-electron chi connectivity index (χ4n) is 9.28. The third-order valence-corrected chi connectivity index (χ3v) is 11.7. The summed E-state index contributed by atoms with van der Waals surface area (Å²) in [7, 11) is 0. The second-order valence-electron chi connectivity index (χ2n) is 15.2. The van der Waals surface area contributed by atoms with E-state index in [0.29, 0.717) is 22.3 Å². The quantitative estimate of drug-likeness (QED) is 0.0909. The molecule has 2 saturated heterocycles. The first-order valence-corrected chi connectivity index (χ1v) is 20.1. The number of aliphatic hydroxyl groups excluding tert-OH is 1. The minimum Gasteiger partial charge on any atom is -0.491 e. The number of ether oxygens (including phenoxy) is 2. The molecule has 8 rings (SSSR count). The molecule has 0 aliphatic carbocycles. The van der Waals surface area contributed by atoms with Gasteiger partial charge in [0.1, 0.15) is 35.8 Å². The number of urea groups is 2. The van der Waals surface area contributed by atoms with Crippen molar-refractivity contribution in [3.63, 3.8) is 0 Å². The molecule has 7 atom stereocenters. The second-order valence-corrected chi connectivity index (χ2v) is 15.2. The van der Waals surface area contributed by atoms with E-state index < -0.39 is 71.5 Å². The summed E-state index contributed by atoms with van der Waals surface area (Å²) in [5.74, 6) is 0.897. The third-order valence-electron chi connectivity index (χ3n) is 11.7. The van der Waals surface area contributed by atoms with Gasteiger partial charge in [-0.2, -0.15) is 0 Å². The Bertz CT molecular complexity index is 2580. The van der Waals surface area contributed by atoms with Gasteiger partial charge in [0.25, 0.3) is 0 Å². The molecule has 3 heterocycles. The van der Waals surface area contributed by atoms with Gasteiger partial charge in [-0.1, -0.05) is 121 Å². The van der Waals surface area contributed by atoms with E-state index in [2.05, 4.69) is 22.5 Å². The molecule has 2 fully saturated rings. The number of imide groups is 1. The Balaban J connectivity index is 1.43. The summed E-state index contributed by atoms with van der Waals surface area (Å²) >= 11 is 0. The molecule has 14 nitrogen and oxygen atoms in total. The average Bonchev–Trinajstić information content (AvgIpc) is 3.74. The predicted octanol–water partition coefficient (Wildman–Crippen LogP) is 5.30. The van der Waals surface area contributed by atoms with Gasteiger partial charge >= 0.3 is 24.0 Å². The van der Waals surface area contributed by atoms with E-state index in [4.69, 9.17) is 15.2 Å². The molecule has 6 N–H and O–H groups in total. The van der Waals surface area contributed by atoms with E-state index in [9.17, 15) is 29.4 Å². The van der Waals surface area contributed by atoms with Crippen LogP contribution in [-0.4, -0.2) is 70.8 Å². The van der Waals surface area contributed by atoms with Crippen molar-refractivity contribution < 1.29 is 43.7 Å². The molecule has 14 heteroatoms. The van der Waals surface area contributed by atoms with Crippen molar-refractivity contribution in [2.45, 2.75) is 42.6 Å². The molecular weight excluding hydrogens is 791 g/mol. The molecule has 0 bridgehead atoms. The van der Waals surface area contributed by atoms with Gasteiger partial charge in [0.2, 0.25) is 5.91 Å². The number of para-hydroxylation sites is 1. The Morgan fingerprint density at radius 1 is 0.871 bits per heavy atom. The summed E-state index contributed by atoms with van der Waals surface area (Å²) in [4.78, 5) is 74.2. The van der Waals surface area contributed by atoms with Crippen molar-refractivity contribution in [3.05, 3.63) is 167 Å². The summed E-state index contributed by atoms with van der Waals surface area (Å²) in [6, 6.07) is 32.9. The first-order chi connectivity index (χ1) is 30.1. The Hall–Kier alpha value is -7.47. The normalized spacial score (nSPS) is 23.0. The maximum Gasteiger partial charge on any atom is 0.329 e. The Morgan fingerprint density at radius 3 is 2.18 bits per heavy atom. The standard InChI is InChI=1S/C48H43N5O9/c1-29(31-15-5-2-6-16-31)51-47(60)52-36-24-23-30(14-13-25-50-46(49)59)28-35(36)48(45(52)58)38(43(55)56)40-44(57)62-41(33-19-9-4-10-20-33)39(32-17-7-3-8-18-32)53(40)42(48)34-21-11-12-22-37(34)61-27-26-54/h2-12,15-24,28-29,38-42,54H,25-27H2,1H3,(H,51,60)(H,55,56)(H3,49,50,59)/t29-,38+,39+,40+,41-,42-,48+/m1/s1. The number of carboxylic acid groups (broad SMARTS) is 1. The molecule has 0 saturated carbocycles. The average molecular weight is 834 g/mol. The zero-order valence-electron chi connectivity index (χ0n) is 33.5. The van der Waals surface area contributed by atoms with Gasteiger partial charge in [-0.05, 0) is 53.4 Å². The van der Waals surface area contributed by atoms with Crippen molar-refractivity contribution in [2.75, 3.05) is 24.7 Å². The monoisotopic (exact) mass is 833 g/mol. The zero-order valence-corrected chi connectivity index (χ0v) is 33.5. The number of carboxylic acids is 1. The Labute approximate surface area is 357 Å². The van der Waals surface area contributed by atoms with Gasteiger partial charge in [-0.3, -0.25) is 19.3 Å². The molecule has 5 aromatic carbocycles. The minimum absolute atomic E-state index is 0.0858. The summed E-state index contributed by atoms with van der Waals surface area (Å²) < 4.78 is 12.5. The lowest BCUT2D eigenvalue weighted by Gasteiger charge is -2.46. The number of esters is 1. The number of aliphatic carboxylic acids is 1. The lowest BCUT2D eigenvalue weighted by Crippen LogP contribution is -2.54. The number of nitrogens with zero attached hydrogens (tertiary/aromatic N) is 2. The molecule has 62 heavy (non-hydrogen) atoms. The number of anilines is 1. The molecular formula is C48H43N5O9. The number of cyclic esters (lactones) is 1. The Kier molecular flexibility index (Phi) is 11.5. The van der Waals surface area contributed by atoms with Crippen LogP contribution in [0.2, 0.25) is 0 Å². The number of morpholine rings is 1. The van der Waals surface area contributed by atoms with E-state index >= 15 is 4.79 Å². The van der Waals surface area contributed by atoms with Gasteiger partial charge in [0.05, 0.1) is 37.0 Å². The fourth-order valence-corrected chi connectivity index (χ4v) is 9.28. The highest BCUT2D eigenvalue weighted by Gasteiger charge is 2.76. The van der Waals surface area contributed by atoms with Crippen molar-refractivity contribution in [3.8, 4) is 17.6 Å². The van der Waals surface area contributed by atoms with Crippen LogP contribution in [0, 0.1) is 17.8 Å². The van der Waals surface area contributed by atoms with Crippen LogP contribution in [0.15, 0.2) is 133 Å². The van der Waals surface area contributed by atoms with E-state index in [1.807, 2.05) is 91.0 Å². The number of fused-ring (bicyclic) bond motifs is 3. The molecule has 314 valence electrons. The highest BCUT2D eigenvalue weighted by atomic mass is 16.6. The SMILES string of the molecule is C[C@@H](NC(=O)N1C(=O)[C@@]2(c3cc(C#CCNC(N)=O)ccc31)[C@H](C(=O)O)[C@H]1C(=O)O[C@H](c3ccccc3)[C@H](c3ccccc3)N1[C@@H]2c1ccccc1OCCO)c1ccccc1. The van der Waals surface area contributed by atoms with Gasteiger partial charge in [-0.15, -0.1) is 0 Å². The van der Waals surface area contributed by atoms with Crippen LogP contribution in [0.5, 0.6) is 5.75 Å². The zero-order chi connectivity index (χ0) is 43.5. The first-order valence-electron chi connectivity index (χ1n) is 20.1.